The van der Waals surface area contributed by atoms with E-state index in [-0.39, 0.29) is 28.3 Å². The van der Waals surface area contributed by atoms with Crippen molar-refractivity contribution in [3.05, 3.63) is 0 Å². The third-order valence-corrected chi connectivity index (χ3v) is 1.86. The van der Waals surface area contributed by atoms with Crippen LogP contribution in [-0.4, -0.2) is 28.3 Å². The zero-order chi connectivity index (χ0) is 12.1. The summed E-state index contributed by atoms with van der Waals surface area (Å²) in [6.07, 6.45) is 0. The Morgan fingerprint density at radius 2 is 2.00 bits per heavy atom. The number of thioether (sulfide) groups is 1. The molecule has 1 amide bonds. The smallest absolute Gasteiger partial charge is 0.230 e. The molecule has 0 aromatic rings. The molecule has 0 aromatic carbocycles. The van der Waals surface area contributed by atoms with Crippen molar-refractivity contribution in [3.8, 4) is 0 Å². The lowest BCUT2D eigenvalue weighted by atomic mass is 10.1. The number of carbonyl (C=O) groups excluding carboxylic acids is 1. The lowest BCUT2D eigenvalue weighted by Crippen LogP contribution is -2.41. The number of guanidine groups is 1. The van der Waals surface area contributed by atoms with Crippen molar-refractivity contribution >= 4 is 28.8 Å². The minimum Gasteiger partial charge on any atom is -0.370 e. The SMILES string of the molecule is CC(C)(C)NC(=O)CSC(=N)N=C(N)N. The van der Waals surface area contributed by atoms with Gasteiger partial charge in [-0.3, -0.25) is 10.2 Å². The number of nitrogens with one attached hydrogen (secondary N) is 2. The third-order valence-electron chi connectivity index (χ3n) is 1.09. The summed E-state index contributed by atoms with van der Waals surface area (Å²) in [5.41, 5.74) is 9.88. The highest BCUT2D eigenvalue weighted by Crippen LogP contribution is 2.05. The molecule has 0 saturated carbocycles. The van der Waals surface area contributed by atoms with Gasteiger partial charge < -0.3 is 16.8 Å². The summed E-state index contributed by atoms with van der Waals surface area (Å²) in [7, 11) is 0. The average molecular weight is 231 g/mol. The van der Waals surface area contributed by atoms with Gasteiger partial charge >= 0.3 is 0 Å². The molecule has 15 heavy (non-hydrogen) atoms. The Hall–Kier alpha value is -1.24. The fourth-order valence-corrected chi connectivity index (χ4v) is 1.25. The minimum atomic E-state index is -0.268. The zero-order valence-corrected chi connectivity index (χ0v) is 9.94. The van der Waals surface area contributed by atoms with Crippen molar-refractivity contribution in [1.82, 2.24) is 5.32 Å². The Morgan fingerprint density at radius 3 is 2.40 bits per heavy atom. The molecule has 0 bridgehead atoms. The van der Waals surface area contributed by atoms with Crippen LogP contribution in [0.2, 0.25) is 0 Å². The van der Waals surface area contributed by atoms with Gasteiger partial charge in [0.2, 0.25) is 5.91 Å². The molecule has 0 aliphatic carbocycles. The molecule has 6 N–H and O–H groups in total. The van der Waals surface area contributed by atoms with Crippen molar-refractivity contribution in [1.29, 1.82) is 5.41 Å². The number of carbonyl (C=O) groups is 1. The summed E-state index contributed by atoms with van der Waals surface area (Å²) in [5, 5.41) is 9.97. The van der Waals surface area contributed by atoms with E-state index in [4.69, 9.17) is 16.9 Å². The predicted octanol–water partition coefficient (Wildman–Crippen LogP) is -0.158. The summed E-state index contributed by atoms with van der Waals surface area (Å²) >= 11 is 0.977. The van der Waals surface area contributed by atoms with Crippen LogP contribution in [0.5, 0.6) is 0 Å². The van der Waals surface area contributed by atoms with Crippen LogP contribution in [-0.2, 0) is 4.79 Å². The zero-order valence-electron chi connectivity index (χ0n) is 9.13. The molecule has 0 rings (SSSR count). The highest BCUT2D eigenvalue weighted by Gasteiger charge is 2.13. The van der Waals surface area contributed by atoms with Crippen LogP contribution in [0.1, 0.15) is 20.8 Å². The van der Waals surface area contributed by atoms with Gasteiger partial charge in [-0.05, 0) is 20.8 Å². The lowest BCUT2D eigenvalue weighted by molar-refractivity contribution is -0.119. The van der Waals surface area contributed by atoms with E-state index in [1.165, 1.54) is 0 Å². The molecule has 0 fully saturated rings. The van der Waals surface area contributed by atoms with Gasteiger partial charge in [-0.25, -0.2) is 0 Å². The quantitative estimate of drug-likeness (QED) is 0.390. The number of rotatable bonds is 2. The van der Waals surface area contributed by atoms with E-state index in [9.17, 15) is 4.79 Å². The van der Waals surface area contributed by atoms with Crippen molar-refractivity contribution in [2.24, 2.45) is 16.5 Å². The number of nitrogens with two attached hydrogens (primary N) is 2. The van der Waals surface area contributed by atoms with Crippen LogP contribution in [0.3, 0.4) is 0 Å². The topological polar surface area (TPSA) is 117 Å². The largest absolute Gasteiger partial charge is 0.370 e. The first kappa shape index (κ1) is 13.8. The van der Waals surface area contributed by atoms with Gasteiger partial charge in [0, 0.05) is 5.54 Å². The van der Waals surface area contributed by atoms with Crippen molar-refractivity contribution < 1.29 is 4.79 Å². The molecule has 0 radical (unpaired) electrons. The standard InChI is InChI=1S/C8H17N5OS/c1-8(2,3)13-5(14)4-15-7(11)12-6(9)10/h4H2,1-3H3,(H,13,14)(H5,9,10,11,12). The van der Waals surface area contributed by atoms with E-state index < -0.39 is 0 Å². The molecule has 6 nitrogen and oxygen atoms in total. The molecule has 86 valence electrons. The monoisotopic (exact) mass is 231 g/mol. The summed E-state index contributed by atoms with van der Waals surface area (Å²) in [5.74, 6) is -0.195. The van der Waals surface area contributed by atoms with Gasteiger partial charge in [0.25, 0.3) is 0 Å². The van der Waals surface area contributed by atoms with Gasteiger partial charge in [-0.2, -0.15) is 4.99 Å². The number of amidine groups is 1. The first-order chi connectivity index (χ1) is 6.70. The number of aliphatic imine (C=N–C) groups is 1. The van der Waals surface area contributed by atoms with Crippen LogP contribution in [0.4, 0.5) is 0 Å². The Kier molecular flexibility index (Phi) is 5.13. The van der Waals surface area contributed by atoms with E-state index in [0.717, 1.165) is 11.8 Å². The third kappa shape index (κ3) is 9.07. The number of amides is 1. The van der Waals surface area contributed by atoms with Crippen LogP contribution < -0.4 is 16.8 Å². The minimum absolute atomic E-state index is 0.0703. The molecular formula is C8H17N5OS. The maximum atomic E-state index is 11.3. The second kappa shape index (κ2) is 5.59. The molecule has 7 heteroatoms. The molecule has 0 atom stereocenters. The van der Waals surface area contributed by atoms with Gasteiger partial charge in [-0.1, -0.05) is 11.8 Å². The summed E-state index contributed by atoms with van der Waals surface area (Å²) in [6, 6.07) is 0. The summed E-state index contributed by atoms with van der Waals surface area (Å²) in [4.78, 5) is 14.8. The first-order valence-corrected chi connectivity index (χ1v) is 5.31. The van der Waals surface area contributed by atoms with Crippen LogP contribution in [0, 0.1) is 5.41 Å². The van der Waals surface area contributed by atoms with Gasteiger partial charge in [0.1, 0.15) is 0 Å². The van der Waals surface area contributed by atoms with E-state index in [1.807, 2.05) is 20.8 Å². The molecule has 0 heterocycles. The van der Waals surface area contributed by atoms with Gasteiger partial charge in [0.05, 0.1) is 5.75 Å². The van der Waals surface area contributed by atoms with Crippen molar-refractivity contribution in [2.45, 2.75) is 26.3 Å². The van der Waals surface area contributed by atoms with Gasteiger partial charge in [0.15, 0.2) is 11.1 Å². The Morgan fingerprint density at radius 1 is 1.47 bits per heavy atom. The summed E-state index contributed by atoms with van der Waals surface area (Å²) < 4.78 is 0. The van der Waals surface area contributed by atoms with Gasteiger partial charge in [-0.15, -0.1) is 0 Å². The fraction of sp³-hybridized carbons (Fsp3) is 0.625. The Bertz CT molecular complexity index is 277. The lowest BCUT2D eigenvalue weighted by Gasteiger charge is -2.20. The molecular weight excluding hydrogens is 214 g/mol. The predicted molar refractivity (Wildman–Crippen MR) is 63.9 cm³/mol. The van der Waals surface area contributed by atoms with Crippen LogP contribution >= 0.6 is 11.8 Å². The van der Waals surface area contributed by atoms with E-state index in [0.29, 0.717) is 0 Å². The first-order valence-electron chi connectivity index (χ1n) is 4.33. The van der Waals surface area contributed by atoms with Crippen molar-refractivity contribution in [2.75, 3.05) is 5.75 Å². The van der Waals surface area contributed by atoms with E-state index in [1.54, 1.807) is 0 Å². The molecule has 0 unspecified atom stereocenters. The molecule has 0 aliphatic heterocycles. The van der Waals surface area contributed by atoms with Crippen molar-refractivity contribution in [3.63, 3.8) is 0 Å². The number of hydrogen-bond donors (Lipinski definition) is 4. The van der Waals surface area contributed by atoms with Crippen LogP contribution in [0.15, 0.2) is 4.99 Å². The second-order valence-electron chi connectivity index (χ2n) is 3.93. The summed E-state index contributed by atoms with van der Waals surface area (Å²) in [6.45, 7) is 5.66. The molecule has 0 spiro atoms. The number of hydrogen-bond acceptors (Lipinski definition) is 3. The normalized spacial score (nSPS) is 10.6. The van der Waals surface area contributed by atoms with E-state index in [2.05, 4.69) is 10.3 Å². The second-order valence-corrected chi connectivity index (χ2v) is 4.89. The highest BCUT2D eigenvalue weighted by atomic mass is 32.2. The maximum absolute atomic E-state index is 11.3. The fourth-order valence-electron chi connectivity index (χ4n) is 0.738. The molecule has 0 saturated heterocycles. The number of nitrogens with zero attached hydrogens (tertiary/aromatic N) is 1. The van der Waals surface area contributed by atoms with Crippen LogP contribution in [0.25, 0.3) is 0 Å². The van der Waals surface area contributed by atoms with E-state index >= 15 is 0 Å². The molecule has 0 aliphatic rings. The highest BCUT2D eigenvalue weighted by molar-refractivity contribution is 8.14. The average Bonchev–Trinajstić information content (AvgIpc) is 1.96. The Balaban J connectivity index is 3.92. The maximum Gasteiger partial charge on any atom is 0.230 e. The molecule has 0 aromatic heterocycles. The Labute approximate surface area is 93.4 Å².